The van der Waals surface area contributed by atoms with Gasteiger partial charge in [-0.3, -0.25) is 0 Å². The van der Waals surface area contributed by atoms with Crippen LogP contribution in [0.2, 0.25) is 0 Å². The monoisotopic (exact) mass is 167 g/mol. The molecule has 1 aromatic rings. The summed E-state index contributed by atoms with van der Waals surface area (Å²) in [6.45, 7) is 6.22. The van der Waals surface area contributed by atoms with E-state index in [0.29, 0.717) is 5.92 Å². The molecule has 0 fully saturated rings. The molecule has 2 heteroatoms. The van der Waals surface area contributed by atoms with Crippen molar-refractivity contribution < 1.29 is 4.42 Å². The zero-order valence-electron chi connectivity index (χ0n) is 8.00. The van der Waals surface area contributed by atoms with Crippen molar-refractivity contribution >= 4 is 0 Å². The summed E-state index contributed by atoms with van der Waals surface area (Å²) >= 11 is 0. The molecule has 2 atom stereocenters. The van der Waals surface area contributed by atoms with Crippen molar-refractivity contribution in [2.75, 3.05) is 0 Å². The number of hydrogen-bond acceptors (Lipinski definition) is 2. The molecule has 1 rings (SSSR count). The largest absolute Gasteiger partial charge is 0.465 e. The predicted octanol–water partition coefficient (Wildman–Crippen LogP) is 2.63. The molecule has 0 spiro atoms. The number of furan rings is 1. The molecule has 12 heavy (non-hydrogen) atoms. The Labute approximate surface area is 73.8 Å². The van der Waals surface area contributed by atoms with Crippen LogP contribution in [-0.2, 0) is 0 Å². The average molecular weight is 167 g/mol. The third kappa shape index (κ3) is 1.89. The standard InChI is InChI=1S/C10H17NO/c1-4-7(2)10(11)9-6-5-8(3)12-9/h5-7,10H,4,11H2,1-3H3/t7?,10-/m0/s1. The fourth-order valence-electron chi connectivity index (χ4n) is 1.17. The highest BCUT2D eigenvalue weighted by Gasteiger charge is 2.15. The first-order valence-electron chi connectivity index (χ1n) is 4.47. The van der Waals surface area contributed by atoms with E-state index in [0.717, 1.165) is 17.9 Å². The maximum absolute atomic E-state index is 5.97. The van der Waals surface area contributed by atoms with Crippen LogP contribution in [0.1, 0.15) is 37.8 Å². The summed E-state index contributed by atoms with van der Waals surface area (Å²) in [6, 6.07) is 3.97. The Hall–Kier alpha value is -0.760. The number of nitrogens with two attached hydrogens (primary N) is 1. The fraction of sp³-hybridized carbons (Fsp3) is 0.600. The molecule has 0 saturated carbocycles. The van der Waals surface area contributed by atoms with Gasteiger partial charge in [-0.15, -0.1) is 0 Å². The minimum Gasteiger partial charge on any atom is -0.465 e. The summed E-state index contributed by atoms with van der Waals surface area (Å²) in [4.78, 5) is 0. The lowest BCUT2D eigenvalue weighted by Gasteiger charge is -2.15. The molecule has 0 radical (unpaired) electrons. The van der Waals surface area contributed by atoms with Gasteiger partial charge in [0.15, 0.2) is 0 Å². The van der Waals surface area contributed by atoms with Crippen molar-refractivity contribution in [3.63, 3.8) is 0 Å². The van der Waals surface area contributed by atoms with Crippen molar-refractivity contribution in [3.05, 3.63) is 23.7 Å². The van der Waals surface area contributed by atoms with Crippen molar-refractivity contribution in [2.24, 2.45) is 11.7 Å². The molecule has 0 bridgehead atoms. The lowest BCUT2D eigenvalue weighted by atomic mass is 9.98. The van der Waals surface area contributed by atoms with E-state index in [-0.39, 0.29) is 6.04 Å². The van der Waals surface area contributed by atoms with Gasteiger partial charge in [0, 0.05) is 0 Å². The van der Waals surface area contributed by atoms with E-state index in [9.17, 15) is 0 Å². The quantitative estimate of drug-likeness (QED) is 0.751. The Morgan fingerprint density at radius 1 is 1.50 bits per heavy atom. The van der Waals surface area contributed by atoms with Gasteiger partial charge in [0.1, 0.15) is 11.5 Å². The molecule has 2 nitrogen and oxygen atoms in total. The van der Waals surface area contributed by atoms with Crippen LogP contribution in [0.25, 0.3) is 0 Å². The Balaban J connectivity index is 2.70. The maximum atomic E-state index is 5.97. The molecule has 0 saturated heterocycles. The van der Waals surface area contributed by atoms with Gasteiger partial charge in [-0.05, 0) is 25.0 Å². The van der Waals surface area contributed by atoms with E-state index in [4.69, 9.17) is 10.2 Å². The summed E-state index contributed by atoms with van der Waals surface area (Å²) < 4.78 is 5.44. The summed E-state index contributed by atoms with van der Waals surface area (Å²) in [5, 5.41) is 0. The van der Waals surface area contributed by atoms with Gasteiger partial charge in [0.2, 0.25) is 0 Å². The molecular weight excluding hydrogens is 150 g/mol. The van der Waals surface area contributed by atoms with Gasteiger partial charge in [0.25, 0.3) is 0 Å². The van der Waals surface area contributed by atoms with Crippen molar-refractivity contribution in [1.82, 2.24) is 0 Å². The number of aryl methyl sites for hydroxylation is 1. The van der Waals surface area contributed by atoms with Crippen molar-refractivity contribution in [1.29, 1.82) is 0 Å². The minimum atomic E-state index is 0.0451. The molecule has 1 unspecified atom stereocenters. The Morgan fingerprint density at radius 2 is 2.17 bits per heavy atom. The van der Waals surface area contributed by atoms with Crippen LogP contribution in [0.5, 0.6) is 0 Å². The van der Waals surface area contributed by atoms with Gasteiger partial charge >= 0.3 is 0 Å². The number of hydrogen-bond donors (Lipinski definition) is 1. The van der Waals surface area contributed by atoms with E-state index in [1.54, 1.807) is 0 Å². The Kier molecular flexibility index (Phi) is 2.93. The molecule has 2 N–H and O–H groups in total. The SMILES string of the molecule is CCC(C)[C@H](N)c1ccc(C)o1. The molecule has 0 amide bonds. The first-order valence-corrected chi connectivity index (χ1v) is 4.47. The lowest BCUT2D eigenvalue weighted by Crippen LogP contribution is -2.17. The van der Waals surface area contributed by atoms with E-state index < -0.39 is 0 Å². The van der Waals surface area contributed by atoms with Crippen molar-refractivity contribution in [3.8, 4) is 0 Å². The van der Waals surface area contributed by atoms with E-state index in [1.807, 2.05) is 19.1 Å². The molecule has 0 aliphatic carbocycles. The minimum absolute atomic E-state index is 0.0451. The zero-order chi connectivity index (χ0) is 9.14. The van der Waals surface area contributed by atoms with Crippen molar-refractivity contribution in [2.45, 2.75) is 33.2 Å². The van der Waals surface area contributed by atoms with E-state index in [2.05, 4.69) is 13.8 Å². The van der Waals surface area contributed by atoms with Crippen LogP contribution in [0, 0.1) is 12.8 Å². The second-order valence-electron chi connectivity index (χ2n) is 3.36. The highest BCUT2D eigenvalue weighted by atomic mass is 16.3. The molecular formula is C10H17NO. The molecule has 0 aliphatic rings. The summed E-state index contributed by atoms with van der Waals surface area (Å²) in [7, 11) is 0. The summed E-state index contributed by atoms with van der Waals surface area (Å²) in [5.41, 5.74) is 5.97. The van der Waals surface area contributed by atoms with Crippen LogP contribution in [-0.4, -0.2) is 0 Å². The molecule has 1 heterocycles. The van der Waals surface area contributed by atoms with Gasteiger partial charge in [-0.25, -0.2) is 0 Å². The third-order valence-electron chi connectivity index (χ3n) is 2.35. The topological polar surface area (TPSA) is 39.2 Å². The van der Waals surface area contributed by atoms with Crippen LogP contribution >= 0.6 is 0 Å². The normalized spacial score (nSPS) is 16.0. The Morgan fingerprint density at radius 3 is 2.58 bits per heavy atom. The highest BCUT2D eigenvalue weighted by Crippen LogP contribution is 2.23. The number of rotatable bonds is 3. The first-order chi connectivity index (χ1) is 5.65. The summed E-state index contributed by atoms with van der Waals surface area (Å²) in [5.74, 6) is 2.32. The van der Waals surface area contributed by atoms with Gasteiger partial charge < -0.3 is 10.2 Å². The second-order valence-corrected chi connectivity index (χ2v) is 3.36. The third-order valence-corrected chi connectivity index (χ3v) is 2.35. The van der Waals surface area contributed by atoms with Gasteiger partial charge in [-0.1, -0.05) is 20.3 Å². The van der Waals surface area contributed by atoms with Crippen LogP contribution in [0.3, 0.4) is 0 Å². The molecule has 0 aliphatic heterocycles. The second kappa shape index (κ2) is 3.76. The van der Waals surface area contributed by atoms with Gasteiger partial charge in [0.05, 0.1) is 6.04 Å². The highest BCUT2D eigenvalue weighted by molar-refractivity contribution is 5.09. The first kappa shape index (κ1) is 9.33. The van der Waals surface area contributed by atoms with E-state index >= 15 is 0 Å². The smallest absolute Gasteiger partial charge is 0.121 e. The van der Waals surface area contributed by atoms with E-state index in [1.165, 1.54) is 0 Å². The fourth-order valence-corrected chi connectivity index (χ4v) is 1.17. The van der Waals surface area contributed by atoms with Gasteiger partial charge in [-0.2, -0.15) is 0 Å². The average Bonchev–Trinajstić information content (AvgIpc) is 2.49. The van der Waals surface area contributed by atoms with Crippen LogP contribution < -0.4 is 5.73 Å². The molecule has 68 valence electrons. The molecule has 1 aromatic heterocycles. The molecule has 0 aromatic carbocycles. The zero-order valence-corrected chi connectivity index (χ0v) is 8.00. The Bertz CT molecular complexity index is 242. The maximum Gasteiger partial charge on any atom is 0.121 e. The lowest BCUT2D eigenvalue weighted by molar-refractivity contribution is 0.368. The summed E-state index contributed by atoms with van der Waals surface area (Å²) in [6.07, 6.45) is 1.08. The van der Waals surface area contributed by atoms with Crippen LogP contribution in [0.15, 0.2) is 16.5 Å². The predicted molar refractivity (Wildman–Crippen MR) is 49.8 cm³/mol. The van der Waals surface area contributed by atoms with Crippen LogP contribution in [0.4, 0.5) is 0 Å².